The van der Waals surface area contributed by atoms with Crippen molar-refractivity contribution >= 4 is 5.97 Å². The third-order valence-electron chi connectivity index (χ3n) is 13.5. The van der Waals surface area contributed by atoms with Gasteiger partial charge in [0.05, 0.1) is 24.2 Å². The Bertz CT molecular complexity index is 954. The molecule has 0 aromatic rings. The van der Waals surface area contributed by atoms with Gasteiger partial charge in [0.15, 0.2) is 0 Å². The van der Waals surface area contributed by atoms with E-state index in [1.807, 2.05) is 6.92 Å². The largest absolute Gasteiger partial charge is 0.466 e. The molecule has 0 unspecified atom stereocenters. The summed E-state index contributed by atoms with van der Waals surface area (Å²) in [6.07, 6.45) is 10.7. The highest BCUT2D eigenvalue weighted by Crippen LogP contribution is 2.75. The molecule has 0 heterocycles. The van der Waals surface area contributed by atoms with Gasteiger partial charge in [0.25, 0.3) is 0 Å². The minimum atomic E-state index is -0.477. The van der Waals surface area contributed by atoms with Crippen molar-refractivity contribution in [3.63, 3.8) is 0 Å². The zero-order chi connectivity index (χ0) is 26.5. The van der Waals surface area contributed by atoms with Gasteiger partial charge >= 0.3 is 5.97 Å². The summed E-state index contributed by atoms with van der Waals surface area (Å²) >= 11 is 0. The molecule has 4 heteroatoms. The van der Waals surface area contributed by atoms with Gasteiger partial charge in [0.1, 0.15) is 0 Å². The molecule has 5 aliphatic rings. The summed E-state index contributed by atoms with van der Waals surface area (Å²) < 4.78 is 5.56. The number of hydrogen-bond acceptors (Lipinski definition) is 4. The van der Waals surface area contributed by atoms with Crippen LogP contribution in [0.5, 0.6) is 0 Å². The lowest BCUT2D eigenvalue weighted by molar-refractivity contribution is -0.224. The van der Waals surface area contributed by atoms with Crippen molar-refractivity contribution in [1.29, 1.82) is 0 Å². The summed E-state index contributed by atoms with van der Waals surface area (Å²) in [5, 5.41) is 23.0. The highest BCUT2D eigenvalue weighted by molar-refractivity contribution is 5.76. The van der Waals surface area contributed by atoms with E-state index >= 15 is 0 Å². The first-order valence-electron chi connectivity index (χ1n) is 14.8. The predicted octanol–water partition coefficient (Wildman–Crippen LogP) is 6.68. The van der Waals surface area contributed by atoms with Crippen LogP contribution >= 0.6 is 0 Å². The molecule has 0 radical (unpaired) electrons. The molecule has 204 valence electrons. The van der Waals surface area contributed by atoms with Gasteiger partial charge in [-0.25, -0.2) is 0 Å². The van der Waals surface area contributed by atoms with Crippen molar-refractivity contribution in [3.8, 4) is 0 Å². The van der Waals surface area contributed by atoms with E-state index in [2.05, 4.69) is 54.5 Å². The van der Waals surface area contributed by atoms with E-state index in [1.165, 1.54) is 12.0 Å². The van der Waals surface area contributed by atoms with Crippen molar-refractivity contribution in [2.75, 3.05) is 6.61 Å². The molecular weight excluding hydrogens is 448 g/mol. The van der Waals surface area contributed by atoms with Crippen LogP contribution in [-0.2, 0) is 9.53 Å². The summed E-state index contributed by atoms with van der Waals surface area (Å²) in [4.78, 5) is 13.1. The first-order chi connectivity index (χ1) is 16.6. The molecule has 5 rings (SSSR count). The Labute approximate surface area is 219 Å². The maximum absolute atomic E-state index is 13.1. The zero-order valence-corrected chi connectivity index (χ0v) is 24.2. The van der Waals surface area contributed by atoms with Crippen LogP contribution in [0.1, 0.15) is 113 Å². The summed E-state index contributed by atoms with van der Waals surface area (Å²) in [5.41, 5.74) is 1.06. The Morgan fingerprint density at radius 2 is 1.61 bits per heavy atom. The summed E-state index contributed by atoms with van der Waals surface area (Å²) in [6.45, 7) is 18.8. The Balaban J connectivity index is 1.58. The summed E-state index contributed by atoms with van der Waals surface area (Å²) in [5.74, 6) is 0.864. The molecule has 4 nitrogen and oxygen atoms in total. The first-order valence-corrected chi connectivity index (χ1v) is 14.8. The summed E-state index contributed by atoms with van der Waals surface area (Å²) in [6, 6.07) is 0. The van der Waals surface area contributed by atoms with Crippen LogP contribution in [0.25, 0.3) is 0 Å². The number of hydrogen-bond donors (Lipinski definition) is 2. The minimum Gasteiger partial charge on any atom is -0.466 e. The number of esters is 1. The van der Waals surface area contributed by atoms with Gasteiger partial charge in [0.2, 0.25) is 0 Å². The van der Waals surface area contributed by atoms with Crippen LogP contribution < -0.4 is 0 Å². The molecule has 5 aliphatic carbocycles. The lowest BCUT2D eigenvalue weighted by Crippen LogP contribution is -2.67. The third-order valence-corrected chi connectivity index (χ3v) is 13.5. The van der Waals surface area contributed by atoms with Crippen molar-refractivity contribution < 1.29 is 19.7 Å². The van der Waals surface area contributed by atoms with Gasteiger partial charge in [-0.3, -0.25) is 4.79 Å². The number of allylic oxidation sites excluding steroid dienone is 1. The molecular formula is C32H52O4. The van der Waals surface area contributed by atoms with Gasteiger partial charge in [-0.2, -0.15) is 0 Å². The topological polar surface area (TPSA) is 66.8 Å². The van der Waals surface area contributed by atoms with Gasteiger partial charge < -0.3 is 14.9 Å². The third kappa shape index (κ3) is 3.28. The quantitative estimate of drug-likeness (QED) is 0.328. The van der Waals surface area contributed by atoms with Crippen LogP contribution in [-0.4, -0.2) is 35.0 Å². The summed E-state index contributed by atoms with van der Waals surface area (Å²) in [7, 11) is 0. The highest BCUT2D eigenvalue weighted by Gasteiger charge is 2.70. The number of carbonyl (C=O) groups is 1. The van der Waals surface area contributed by atoms with E-state index in [-0.39, 0.29) is 45.1 Å². The monoisotopic (exact) mass is 500 g/mol. The maximum Gasteiger partial charge on any atom is 0.311 e. The Morgan fingerprint density at radius 3 is 2.28 bits per heavy atom. The van der Waals surface area contributed by atoms with Crippen LogP contribution in [0.3, 0.4) is 0 Å². The highest BCUT2D eigenvalue weighted by atomic mass is 16.5. The molecule has 2 N–H and O–H groups in total. The van der Waals surface area contributed by atoms with E-state index in [4.69, 9.17) is 4.74 Å². The second kappa shape index (κ2) is 8.07. The molecule has 0 bridgehead atoms. The molecule has 0 aliphatic heterocycles. The Hall–Kier alpha value is -0.870. The van der Waals surface area contributed by atoms with Crippen LogP contribution in [0.4, 0.5) is 0 Å². The SMILES string of the molecule is CCOC(=O)[C@@]1(C)CC[C@]2(C)CC[C@]3(C)C(=C[C@H](O)[C@@H]4[C@@]5(C)CC[C@H](O)C(C)(C)[C@@H]5CC[C@]43C)[C@@H]2C1. The number of ether oxygens (including phenoxy) is 1. The molecule has 4 fully saturated rings. The first kappa shape index (κ1) is 26.7. The molecule has 0 spiro atoms. The zero-order valence-electron chi connectivity index (χ0n) is 24.2. The normalized spacial score (nSPS) is 53.7. The number of aliphatic hydroxyl groups is 2. The number of aliphatic hydroxyl groups excluding tert-OH is 2. The fourth-order valence-corrected chi connectivity index (χ4v) is 10.9. The lowest BCUT2D eigenvalue weighted by atomic mass is 9.33. The standard InChI is InChI=1S/C32H52O4/c1-9-36-26(35)29(5)15-14-28(4)16-17-31(7)20(21(28)19-29)18-22(33)25-30(6)12-11-24(34)27(2,3)23(30)10-13-32(25,31)8/h18,21-25,33-34H,9-17,19H2,1-8H3/t21-,22-,23-,24-,25+,28+,29-,30-,31+,32+/m0/s1. The second-order valence-corrected chi connectivity index (χ2v) is 15.5. The second-order valence-electron chi connectivity index (χ2n) is 15.5. The van der Waals surface area contributed by atoms with E-state index < -0.39 is 11.5 Å². The molecule has 4 saturated carbocycles. The number of rotatable bonds is 2. The van der Waals surface area contributed by atoms with Crippen LogP contribution in [0, 0.1) is 50.2 Å². The van der Waals surface area contributed by atoms with Crippen LogP contribution in [0.2, 0.25) is 0 Å². The minimum absolute atomic E-state index is 0.000765. The van der Waals surface area contributed by atoms with Crippen LogP contribution in [0.15, 0.2) is 11.6 Å². The average Bonchev–Trinajstić information content (AvgIpc) is 2.79. The van der Waals surface area contributed by atoms with E-state index in [9.17, 15) is 15.0 Å². The molecule has 36 heavy (non-hydrogen) atoms. The molecule has 0 saturated heterocycles. The average molecular weight is 501 g/mol. The van der Waals surface area contributed by atoms with E-state index in [0.29, 0.717) is 18.4 Å². The predicted molar refractivity (Wildman–Crippen MR) is 143 cm³/mol. The van der Waals surface area contributed by atoms with Gasteiger partial charge in [0, 0.05) is 5.92 Å². The van der Waals surface area contributed by atoms with Gasteiger partial charge in [-0.1, -0.05) is 53.2 Å². The number of fused-ring (bicyclic) bond motifs is 7. The van der Waals surface area contributed by atoms with Crippen molar-refractivity contribution in [2.45, 2.75) is 125 Å². The molecule has 0 amide bonds. The maximum atomic E-state index is 13.1. The molecule has 0 aromatic heterocycles. The number of carbonyl (C=O) groups excluding carboxylic acids is 1. The fraction of sp³-hybridized carbons (Fsp3) is 0.906. The van der Waals surface area contributed by atoms with E-state index in [1.54, 1.807) is 0 Å². The van der Waals surface area contributed by atoms with Crippen molar-refractivity contribution in [1.82, 2.24) is 0 Å². The van der Waals surface area contributed by atoms with Crippen molar-refractivity contribution in [3.05, 3.63) is 11.6 Å². The molecule has 0 aromatic carbocycles. The lowest BCUT2D eigenvalue weighted by Gasteiger charge is -2.72. The smallest absolute Gasteiger partial charge is 0.311 e. The molecule has 10 atom stereocenters. The van der Waals surface area contributed by atoms with E-state index in [0.717, 1.165) is 51.4 Å². The van der Waals surface area contributed by atoms with Gasteiger partial charge in [-0.15, -0.1) is 0 Å². The Morgan fingerprint density at radius 1 is 0.944 bits per heavy atom. The Kier molecular flexibility index (Phi) is 5.99. The van der Waals surface area contributed by atoms with Gasteiger partial charge in [-0.05, 0) is 111 Å². The van der Waals surface area contributed by atoms with Crippen molar-refractivity contribution in [2.24, 2.45) is 50.2 Å². The fourth-order valence-electron chi connectivity index (χ4n) is 10.9.